The second-order valence-corrected chi connectivity index (χ2v) is 4.78. The number of amides is 2. The van der Waals surface area contributed by atoms with E-state index in [0.29, 0.717) is 17.8 Å². The Bertz CT molecular complexity index is 599. The third-order valence-corrected chi connectivity index (χ3v) is 3.09. The molecule has 0 spiro atoms. The molecule has 0 aliphatic carbocycles. The number of thiazole rings is 1. The highest BCUT2D eigenvalue weighted by Crippen LogP contribution is 2.11. The highest BCUT2D eigenvalue weighted by atomic mass is 32.1. The van der Waals surface area contributed by atoms with Crippen molar-refractivity contribution in [1.29, 1.82) is 0 Å². The Kier molecular flexibility index (Phi) is 4.67. The first kappa shape index (κ1) is 14.0. The lowest BCUT2D eigenvalue weighted by molar-refractivity contribution is -0.136. The van der Waals surface area contributed by atoms with E-state index in [2.05, 4.69) is 15.6 Å². The summed E-state index contributed by atoms with van der Waals surface area (Å²) in [6.07, 6.45) is -0.0734. The summed E-state index contributed by atoms with van der Waals surface area (Å²) in [6.45, 7) is 0.351. The molecule has 2 rings (SSSR count). The van der Waals surface area contributed by atoms with Gasteiger partial charge < -0.3 is 15.7 Å². The number of hydrogen-bond donors (Lipinski definition) is 3. The molecule has 0 fully saturated rings. The van der Waals surface area contributed by atoms with E-state index in [0.717, 1.165) is 5.69 Å². The molecule has 0 aliphatic heterocycles. The van der Waals surface area contributed by atoms with Crippen molar-refractivity contribution in [1.82, 2.24) is 10.3 Å². The molecule has 6 nitrogen and oxygen atoms in total. The van der Waals surface area contributed by atoms with Crippen molar-refractivity contribution in [2.45, 2.75) is 13.0 Å². The first-order valence-electron chi connectivity index (χ1n) is 5.86. The van der Waals surface area contributed by atoms with Gasteiger partial charge in [-0.15, -0.1) is 11.3 Å². The molecule has 0 unspecified atom stereocenters. The fourth-order valence-corrected chi connectivity index (χ4v) is 2.16. The van der Waals surface area contributed by atoms with Crippen molar-refractivity contribution >= 4 is 29.0 Å². The zero-order valence-corrected chi connectivity index (χ0v) is 11.3. The van der Waals surface area contributed by atoms with Gasteiger partial charge >= 0.3 is 12.0 Å². The van der Waals surface area contributed by atoms with Crippen molar-refractivity contribution in [3.05, 3.63) is 46.4 Å². The average molecular weight is 291 g/mol. The smallest absolute Gasteiger partial charge is 0.319 e. The van der Waals surface area contributed by atoms with E-state index in [1.165, 1.54) is 11.3 Å². The van der Waals surface area contributed by atoms with Gasteiger partial charge in [0.25, 0.3) is 0 Å². The number of nitrogens with zero attached hydrogens (tertiary/aromatic N) is 1. The van der Waals surface area contributed by atoms with Crippen LogP contribution in [0.3, 0.4) is 0 Å². The Morgan fingerprint density at radius 2 is 2.20 bits per heavy atom. The molecular formula is C13H13N3O3S. The predicted molar refractivity (Wildman–Crippen MR) is 75.8 cm³/mol. The number of anilines is 1. The number of carbonyl (C=O) groups is 2. The van der Waals surface area contributed by atoms with Crippen molar-refractivity contribution < 1.29 is 14.7 Å². The maximum Gasteiger partial charge on any atom is 0.319 e. The van der Waals surface area contributed by atoms with Crippen LogP contribution in [0.25, 0.3) is 0 Å². The molecular weight excluding hydrogens is 278 g/mol. The Hall–Kier alpha value is -2.41. The van der Waals surface area contributed by atoms with Crippen LogP contribution in [0.2, 0.25) is 0 Å². The van der Waals surface area contributed by atoms with Gasteiger partial charge in [-0.25, -0.2) is 9.78 Å². The molecule has 0 radical (unpaired) electrons. The van der Waals surface area contributed by atoms with Crippen LogP contribution in [0.4, 0.5) is 10.5 Å². The number of aliphatic carboxylic acids is 1. The quantitative estimate of drug-likeness (QED) is 0.786. The molecule has 1 aromatic carbocycles. The van der Waals surface area contributed by atoms with Crippen LogP contribution in [0.1, 0.15) is 11.3 Å². The molecule has 1 aromatic heterocycles. The van der Waals surface area contributed by atoms with Crippen molar-refractivity contribution in [2.75, 3.05) is 5.32 Å². The predicted octanol–water partition coefficient (Wildman–Crippen LogP) is 2.09. The van der Waals surface area contributed by atoms with Gasteiger partial charge in [-0.3, -0.25) is 4.79 Å². The van der Waals surface area contributed by atoms with Gasteiger partial charge in [0, 0.05) is 11.1 Å². The Morgan fingerprint density at radius 1 is 1.35 bits per heavy atom. The summed E-state index contributed by atoms with van der Waals surface area (Å²) < 4.78 is 0. The molecule has 0 saturated heterocycles. The van der Waals surface area contributed by atoms with Gasteiger partial charge in [0.1, 0.15) is 0 Å². The number of benzene rings is 1. The minimum atomic E-state index is -0.907. The van der Waals surface area contributed by atoms with Gasteiger partial charge in [-0.05, 0) is 17.7 Å². The van der Waals surface area contributed by atoms with E-state index in [1.807, 2.05) is 5.38 Å². The topological polar surface area (TPSA) is 91.3 Å². The van der Waals surface area contributed by atoms with E-state index in [4.69, 9.17) is 5.11 Å². The maximum absolute atomic E-state index is 11.7. The minimum Gasteiger partial charge on any atom is -0.481 e. The average Bonchev–Trinajstić information content (AvgIpc) is 2.89. The number of aromatic nitrogens is 1. The monoisotopic (exact) mass is 291 g/mol. The molecule has 7 heteroatoms. The summed E-state index contributed by atoms with van der Waals surface area (Å²) in [5, 5.41) is 15.9. The molecule has 2 aromatic rings. The maximum atomic E-state index is 11.7. The van der Waals surface area contributed by atoms with Crippen LogP contribution in [0.15, 0.2) is 35.2 Å². The normalized spacial score (nSPS) is 10.0. The minimum absolute atomic E-state index is 0.0734. The summed E-state index contributed by atoms with van der Waals surface area (Å²) in [7, 11) is 0. The number of carbonyl (C=O) groups excluding carboxylic acids is 1. The summed E-state index contributed by atoms with van der Waals surface area (Å²) in [5.74, 6) is -0.907. The Balaban J connectivity index is 1.88. The number of carboxylic acid groups (broad SMARTS) is 1. The third-order valence-electron chi connectivity index (χ3n) is 2.45. The largest absolute Gasteiger partial charge is 0.481 e. The summed E-state index contributed by atoms with van der Waals surface area (Å²) in [4.78, 5) is 26.4. The van der Waals surface area contributed by atoms with E-state index in [-0.39, 0.29) is 12.5 Å². The molecule has 3 N–H and O–H groups in total. The van der Waals surface area contributed by atoms with Crippen LogP contribution < -0.4 is 10.6 Å². The van der Waals surface area contributed by atoms with Crippen LogP contribution in [0.5, 0.6) is 0 Å². The first-order valence-corrected chi connectivity index (χ1v) is 6.80. The first-order chi connectivity index (χ1) is 9.63. The van der Waals surface area contributed by atoms with Gasteiger partial charge in [0.2, 0.25) is 0 Å². The number of rotatable bonds is 5. The highest BCUT2D eigenvalue weighted by molar-refractivity contribution is 7.07. The Morgan fingerprint density at radius 3 is 2.90 bits per heavy atom. The molecule has 0 bridgehead atoms. The highest BCUT2D eigenvalue weighted by Gasteiger charge is 2.05. The van der Waals surface area contributed by atoms with Gasteiger partial charge in [-0.1, -0.05) is 12.1 Å². The number of nitrogens with one attached hydrogen (secondary N) is 2. The summed E-state index contributed by atoms with van der Waals surface area (Å²) in [5.41, 5.74) is 3.68. The Labute approximate surface area is 119 Å². The SMILES string of the molecule is O=C(O)Cc1cccc(NC(=O)NCc2cscn2)c1. The fraction of sp³-hybridized carbons (Fsp3) is 0.154. The summed E-state index contributed by atoms with van der Waals surface area (Å²) in [6, 6.07) is 6.39. The number of carboxylic acids is 1. The van der Waals surface area contributed by atoms with Crippen molar-refractivity contribution in [3.8, 4) is 0 Å². The molecule has 1 heterocycles. The zero-order valence-electron chi connectivity index (χ0n) is 10.5. The van der Waals surface area contributed by atoms with Crippen LogP contribution in [-0.2, 0) is 17.8 Å². The molecule has 2 amide bonds. The number of urea groups is 1. The lowest BCUT2D eigenvalue weighted by Crippen LogP contribution is -2.28. The molecule has 20 heavy (non-hydrogen) atoms. The summed E-state index contributed by atoms with van der Waals surface area (Å²) >= 11 is 1.46. The number of hydrogen-bond acceptors (Lipinski definition) is 4. The van der Waals surface area contributed by atoms with Crippen LogP contribution in [0, 0.1) is 0 Å². The van der Waals surface area contributed by atoms with E-state index in [9.17, 15) is 9.59 Å². The van der Waals surface area contributed by atoms with Gasteiger partial charge in [-0.2, -0.15) is 0 Å². The fourth-order valence-electron chi connectivity index (χ4n) is 1.60. The zero-order chi connectivity index (χ0) is 14.4. The molecule has 104 valence electrons. The molecule has 0 aliphatic rings. The second-order valence-electron chi connectivity index (χ2n) is 4.06. The van der Waals surface area contributed by atoms with Crippen molar-refractivity contribution in [2.24, 2.45) is 0 Å². The second kappa shape index (κ2) is 6.67. The standard InChI is InChI=1S/C13H13N3O3S/c17-12(18)5-9-2-1-3-10(4-9)16-13(19)14-6-11-7-20-8-15-11/h1-4,7-8H,5-6H2,(H,17,18)(H2,14,16,19). The van der Waals surface area contributed by atoms with E-state index < -0.39 is 5.97 Å². The molecule has 0 saturated carbocycles. The van der Waals surface area contributed by atoms with Crippen LogP contribution in [-0.4, -0.2) is 22.1 Å². The van der Waals surface area contributed by atoms with Crippen LogP contribution >= 0.6 is 11.3 Å². The van der Waals surface area contributed by atoms with E-state index in [1.54, 1.807) is 29.8 Å². The molecule has 0 atom stereocenters. The van der Waals surface area contributed by atoms with Crippen molar-refractivity contribution in [3.63, 3.8) is 0 Å². The lowest BCUT2D eigenvalue weighted by Gasteiger charge is -2.07. The van der Waals surface area contributed by atoms with Gasteiger partial charge in [0.05, 0.1) is 24.2 Å². The van der Waals surface area contributed by atoms with E-state index >= 15 is 0 Å². The van der Waals surface area contributed by atoms with Gasteiger partial charge in [0.15, 0.2) is 0 Å². The lowest BCUT2D eigenvalue weighted by atomic mass is 10.1. The third kappa shape index (κ3) is 4.36.